The zero-order valence-corrected chi connectivity index (χ0v) is 12.1. The first-order chi connectivity index (χ1) is 9.67. The summed E-state index contributed by atoms with van der Waals surface area (Å²) in [5.74, 6) is 0.789. The van der Waals surface area contributed by atoms with Gasteiger partial charge in [0.1, 0.15) is 0 Å². The summed E-state index contributed by atoms with van der Waals surface area (Å²) in [5.41, 5.74) is 7.11. The minimum Gasteiger partial charge on any atom is -0.341 e. The zero-order valence-electron chi connectivity index (χ0n) is 12.1. The highest BCUT2D eigenvalue weighted by Gasteiger charge is 2.41. The first kappa shape index (κ1) is 13.6. The summed E-state index contributed by atoms with van der Waals surface area (Å²) in [7, 11) is 0. The molecule has 1 aromatic carbocycles. The van der Waals surface area contributed by atoms with Gasteiger partial charge in [0, 0.05) is 13.1 Å². The number of carbonyl (C=O) groups is 1. The van der Waals surface area contributed by atoms with Gasteiger partial charge in [-0.05, 0) is 37.2 Å². The maximum atomic E-state index is 12.6. The lowest BCUT2D eigenvalue weighted by atomic mass is 9.97. The number of nitrogens with two attached hydrogens (primary N) is 1. The topological polar surface area (TPSA) is 46.3 Å². The number of hydrogen-bond donors (Lipinski definition) is 1. The molecule has 1 aromatic rings. The predicted octanol–water partition coefficient (Wildman–Crippen LogP) is 2.35. The van der Waals surface area contributed by atoms with E-state index in [1.54, 1.807) is 0 Å². The molecule has 2 N–H and O–H groups in total. The maximum Gasteiger partial charge on any atom is 0.242 e. The summed E-state index contributed by atoms with van der Waals surface area (Å²) in [6, 6.07) is 10.6. The zero-order chi connectivity index (χ0) is 14.0. The van der Waals surface area contributed by atoms with E-state index in [9.17, 15) is 4.79 Å². The summed E-state index contributed by atoms with van der Waals surface area (Å²) in [6.45, 7) is 1.77. The van der Waals surface area contributed by atoms with Crippen molar-refractivity contribution < 1.29 is 4.79 Å². The van der Waals surface area contributed by atoms with Crippen molar-refractivity contribution in [2.45, 2.75) is 44.1 Å². The molecule has 0 aromatic heterocycles. The number of carbonyl (C=O) groups excluding carboxylic acids is 1. The number of likely N-dealkylation sites (tertiary alicyclic amines) is 1. The van der Waals surface area contributed by atoms with E-state index in [1.165, 1.54) is 5.56 Å². The van der Waals surface area contributed by atoms with E-state index in [0.29, 0.717) is 5.92 Å². The van der Waals surface area contributed by atoms with Crippen LogP contribution in [0.3, 0.4) is 0 Å². The van der Waals surface area contributed by atoms with Crippen LogP contribution >= 0.6 is 0 Å². The minimum atomic E-state index is -0.554. The lowest BCUT2D eigenvalue weighted by molar-refractivity contribution is -0.135. The molecular weight excluding hydrogens is 248 g/mol. The first-order valence-corrected chi connectivity index (χ1v) is 7.79. The number of hydrogen-bond acceptors (Lipinski definition) is 2. The van der Waals surface area contributed by atoms with E-state index in [2.05, 4.69) is 24.3 Å². The van der Waals surface area contributed by atoms with Gasteiger partial charge in [-0.1, -0.05) is 43.2 Å². The number of amides is 1. The average molecular weight is 272 g/mol. The van der Waals surface area contributed by atoms with Crippen molar-refractivity contribution in [2.75, 3.05) is 13.1 Å². The molecule has 3 heteroatoms. The van der Waals surface area contributed by atoms with E-state index in [4.69, 9.17) is 5.73 Å². The fourth-order valence-electron chi connectivity index (χ4n) is 3.67. The predicted molar refractivity (Wildman–Crippen MR) is 80.2 cm³/mol. The molecule has 2 fully saturated rings. The third-order valence-corrected chi connectivity index (χ3v) is 4.86. The molecule has 1 saturated carbocycles. The third kappa shape index (κ3) is 2.73. The highest BCUT2D eigenvalue weighted by atomic mass is 16.2. The molecule has 0 radical (unpaired) electrons. The molecule has 0 bridgehead atoms. The van der Waals surface area contributed by atoms with Crippen molar-refractivity contribution in [3.8, 4) is 0 Å². The Balaban J connectivity index is 1.58. The van der Waals surface area contributed by atoms with Gasteiger partial charge >= 0.3 is 0 Å². The maximum absolute atomic E-state index is 12.6. The van der Waals surface area contributed by atoms with Gasteiger partial charge in [-0.3, -0.25) is 4.79 Å². The Kier molecular flexibility index (Phi) is 3.79. The summed E-state index contributed by atoms with van der Waals surface area (Å²) in [4.78, 5) is 14.6. The van der Waals surface area contributed by atoms with Crippen LogP contribution in [0, 0.1) is 5.92 Å². The van der Waals surface area contributed by atoms with Crippen molar-refractivity contribution in [1.82, 2.24) is 4.90 Å². The van der Waals surface area contributed by atoms with Gasteiger partial charge < -0.3 is 10.6 Å². The van der Waals surface area contributed by atoms with Crippen molar-refractivity contribution in [3.63, 3.8) is 0 Å². The molecule has 2 aliphatic rings. The van der Waals surface area contributed by atoms with E-state index in [-0.39, 0.29) is 5.91 Å². The SMILES string of the molecule is NC1(C(=O)N2CCC(Cc3ccccc3)C2)CCCC1. The Hall–Kier alpha value is -1.35. The average Bonchev–Trinajstić information content (AvgIpc) is 3.09. The molecular formula is C17H24N2O. The fourth-order valence-corrected chi connectivity index (χ4v) is 3.67. The molecule has 3 nitrogen and oxygen atoms in total. The van der Waals surface area contributed by atoms with Gasteiger partial charge in [-0.15, -0.1) is 0 Å². The molecule has 1 heterocycles. The molecule has 108 valence electrons. The van der Waals surface area contributed by atoms with Crippen LogP contribution in [-0.2, 0) is 11.2 Å². The number of nitrogens with zero attached hydrogens (tertiary/aromatic N) is 1. The molecule has 1 saturated heterocycles. The third-order valence-electron chi connectivity index (χ3n) is 4.86. The largest absolute Gasteiger partial charge is 0.341 e. The van der Waals surface area contributed by atoms with Crippen LogP contribution in [0.15, 0.2) is 30.3 Å². The van der Waals surface area contributed by atoms with E-state index >= 15 is 0 Å². The molecule has 1 unspecified atom stereocenters. The van der Waals surface area contributed by atoms with Crippen LogP contribution in [0.1, 0.15) is 37.7 Å². The quantitative estimate of drug-likeness (QED) is 0.918. The van der Waals surface area contributed by atoms with Gasteiger partial charge in [0.05, 0.1) is 5.54 Å². The van der Waals surface area contributed by atoms with Gasteiger partial charge in [-0.25, -0.2) is 0 Å². The monoisotopic (exact) mass is 272 g/mol. The van der Waals surface area contributed by atoms with E-state index in [0.717, 1.165) is 51.6 Å². The van der Waals surface area contributed by atoms with Gasteiger partial charge in [0.2, 0.25) is 5.91 Å². The first-order valence-electron chi connectivity index (χ1n) is 7.79. The minimum absolute atomic E-state index is 0.200. The van der Waals surface area contributed by atoms with Crippen LogP contribution in [0.5, 0.6) is 0 Å². The van der Waals surface area contributed by atoms with Crippen molar-refractivity contribution in [2.24, 2.45) is 11.7 Å². The normalized spacial score (nSPS) is 25.1. The molecule has 3 rings (SSSR count). The second kappa shape index (κ2) is 5.57. The van der Waals surface area contributed by atoms with Crippen LogP contribution in [0.25, 0.3) is 0 Å². The summed E-state index contributed by atoms with van der Waals surface area (Å²) in [5, 5.41) is 0. The molecule has 1 aliphatic carbocycles. The lowest BCUT2D eigenvalue weighted by Crippen LogP contribution is -2.52. The van der Waals surface area contributed by atoms with Crippen molar-refractivity contribution >= 4 is 5.91 Å². The molecule has 1 aliphatic heterocycles. The Morgan fingerprint density at radius 1 is 1.25 bits per heavy atom. The summed E-state index contributed by atoms with van der Waals surface area (Å²) >= 11 is 0. The second-order valence-electron chi connectivity index (χ2n) is 6.46. The highest BCUT2D eigenvalue weighted by molar-refractivity contribution is 5.86. The van der Waals surface area contributed by atoms with Crippen molar-refractivity contribution in [1.29, 1.82) is 0 Å². The standard InChI is InChI=1S/C17H24N2O/c18-17(9-4-5-10-17)16(20)19-11-8-15(13-19)12-14-6-2-1-3-7-14/h1-3,6-7,15H,4-5,8-13,18H2. The Morgan fingerprint density at radius 2 is 1.95 bits per heavy atom. The molecule has 20 heavy (non-hydrogen) atoms. The van der Waals surface area contributed by atoms with Crippen LogP contribution in [0.2, 0.25) is 0 Å². The Morgan fingerprint density at radius 3 is 2.65 bits per heavy atom. The lowest BCUT2D eigenvalue weighted by Gasteiger charge is -2.28. The molecule has 0 spiro atoms. The number of rotatable bonds is 3. The highest BCUT2D eigenvalue weighted by Crippen LogP contribution is 2.31. The van der Waals surface area contributed by atoms with Crippen LogP contribution < -0.4 is 5.73 Å². The second-order valence-corrected chi connectivity index (χ2v) is 6.46. The Labute approximate surface area is 121 Å². The Bertz CT molecular complexity index is 465. The summed E-state index contributed by atoms with van der Waals surface area (Å²) in [6.07, 6.45) is 6.11. The van der Waals surface area contributed by atoms with Crippen LogP contribution in [-0.4, -0.2) is 29.4 Å². The van der Waals surface area contributed by atoms with Gasteiger partial charge in [0.15, 0.2) is 0 Å². The van der Waals surface area contributed by atoms with Crippen LogP contribution in [0.4, 0.5) is 0 Å². The fraction of sp³-hybridized carbons (Fsp3) is 0.588. The molecule has 1 amide bonds. The van der Waals surface area contributed by atoms with Gasteiger partial charge in [-0.2, -0.15) is 0 Å². The van der Waals surface area contributed by atoms with E-state index in [1.807, 2.05) is 11.0 Å². The number of benzene rings is 1. The van der Waals surface area contributed by atoms with E-state index < -0.39 is 5.54 Å². The summed E-state index contributed by atoms with van der Waals surface area (Å²) < 4.78 is 0. The van der Waals surface area contributed by atoms with Gasteiger partial charge in [0.25, 0.3) is 0 Å². The van der Waals surface area contributed by atoms with Crippen molar-refractivity contribution in [3.05, 3.63) is 35.9 Å². The molecule has 1 atom stereocenters. The smallest absolute Gasteiger partial charge is 0.242 e.